The van der Waals surface area contributed by atoms with Gasteiger partial charge in [-0.2, -0.15) is 0 Å². The number of benzene rings is 3. The van der Waals surface area contributed by atoms with Crippen LogP contribution in [-0.2, 0) is 25.4 Å². The summed E-state index contributed by atoms with van der Waals surface area (Å²) in [5.74, 6) is 1.23. The zero-order valence-electron chi connectivity index (χ0n) is 21.1. The van der Waals surface area contributed by atoms with Gasteiger partial charge in [-0.05, 0) is 35.4 Å². The van der Waals surface area contributed by atoms with E-state index in [0.717, 1.165) is 27.7 Å². The van der Waals surface area contributed by atoms with Gasteiger partial charge in [0.2, 0.25) is 0 Å². The third-order valence-corrected chi connectivity index (χ3v) is 7.01. The largest absolute Gasteiger partial charge is 0.399 e. The minimum atomic E-state index is 0.444. The van der Waals surface area contributed by atoms with Crippen LogP contribution in [0.4, 0.5) is 5.69 Å². The molecule has 0 atom stereocenters. The Labute approximate surface area is 229 Å². The molecule has 0 aliphatic heterocycles. The van der Waals surface area contributed by atoms with Crippen molar-refractivity contribution in [2.45, 2.75) is 30.5 Å². The smallest absolute Gasteiger partial charge is 0.187 e. The molecule has 6 aromatic rings. The van der Waals surface area contributed by atoms with E-state index in [0.29, 0.717) is 36.9 Å². The van der Waals surface area contributed by atoms with Gasteiger partial charge in [0.15, 0.2) is 11.0 Å². The highest BCUT2D eigenvalue weighted by molar-refractivity contribution is 7.98. The first-order valence-corrected chi connectivity index (χ1v) is 13.5. The SMILES string of the molecule is Nc1ccc(-c2nc(SCc3cn(Cc4ccccc4)nn3)n(Cc3cn(Cc4ccccc4)nn3)n2)cc1. The second kappa shape index (κ2) is 11.3. The van der Waals surface area contributed by atoms with E-state index in [2.05, 4.69) is 44.9 Å². The van der Waals surface area contributed by atoms with Gasteiger partial charge >= 0.3 is 0 Å². The van der Waals surface area contributed by atoms with Gasteiger partial charge in [-0.25, -0.2) is 19.0 Å². The van der Waals surface area contributed by atoms with E-state index < -0.39 is 0 Å². The fraction of sp³-hybridized carbons (Fsp3) is 0.143. The van der Waals surface area contributed by atoms with Gasteiger partial charge in [0.05, 0.1) is 31.5 Å². The molecule has 6 rings (SSSR count). The van der Waals surface area contributed by atoms with Crippen molar-refractivity contribution in [3.63, 3.8) is 0 Å². The predicted octanol–water partition coefficient (Wildman–Crippen LogP) is 4.15. The van der Waals surface area contributed by atoms with Crippen molar-refractivity contribution < 1.29 is 0 Å². The predicted molar refractivity (Wildman–Crippen MR) is 150 cm³/mol. The van der Waals surface area contributed by atoms with Crippen LogP contribution in [0, 0.1) is 0 Å². The minimum absolute atomic E-state index is 0.444. The number of aromatic nitrogens is 9. The van der Waals surface area contributed by atoms with E-state index in [1.54, 1.807) is 11.8 Å². The van der Waals surface area contributed by atoms with E-state index in [9.17, 15) is 0 Å². The Kier molecular flexibility index (Phi) is 7.13. The number of thioether (sulfide) groups is 1. The number of rotatable bonds is 10. The highest BCUT2D eigenvalue weighted by Crippen LogP contribution is 2.25. The maximum atomic E-state index is 5.88. The minimum Gasteiger partial charge on any atom is -0.399 e. The molecule has 194 valence electrons. The third-order valence-electron chi connectivity index (χ3n) is 6.01. The highest BCUT2D eigenvalue weighted by atomic mass is 32.2. The molecule has 0 saturated carbocycles. The molecule has 0 fully saturated rings. The van der Waals surface area contributed by atoms with Crippen molar-refractivity contribution in [3.8, 4) is 11.4 Å². The van der Waals surface area contributed by atoms with Gasteiger partial charge < -0.3 is 5.73 Å². The Morgan fingerprint density at radius 3 is 1.90 bits per heavy atom. The topological polar surface area (TPSA) is 118 Å². The normalized spacial score (nSPS) is 11.2. The van der Waals surface area contributed by atoms with Gasteiger partial charge in [-0.1, -0.05) is 82.9 Å². The lowest BCUT2D eigenvalue weighted by atomic mass is 10.2. The van der Waals surface area contributed by atoms with E-state index >= 15 is 0 Å². The molecule has 0 aliphatic rings. The van der Waals surface area contributed by atoms with Crippen LogP contribution < -0.4 is 5.73 Å². The zero-order valence-corrected chi connectivity index (χ0v) is 21.9. The monoisotopic (exact) mass is 534 g/mol. The van der Waals surface area contributed by atoms with Gasteiger partial charge in [0, 0.05) is 23.2 Å². The summed E-state index contributed by atoms with van der Waals surface area (Å²) in [5, 5.41) is 22.9. The Hall–Kier alpha value is -4.77. The fourth-order valence-electron chi connectivity index (χ4n) is 4.10. The van der Waals surface area contributed by atoms with Crippen LogP contribution in [0.1, 0.15) is 22.5 Å². The average Bonchev–Trinajstić information content (AvgIpc) is 3.70. The van der Waals surface area contributed by atoms with Crippen molar-refractivity contribution in [1.29, 1.82) is 0 Å². The highest BCUT2D eigenvalue weighted by Gasteiger charge is 2.15. The first-order valence-electron chi connectivity index (χ1n) is 12.5. The Morgan fingerprint density at radius 2 is 1.26 bits per heavy atom. The number of nitrogens with two attached hydrogens (primary N) is 1. The van der Waals surface area contributed by atoms with E-state index in [-0.39, 0.29) is 0 Å². The summed E-state index contributed by atoms with van der Waals surface area (Å²) in [6.45, 7) is 1.77. The van der Waals surface area contributed by atoms with Crippen LogP contribution in [0.5, 0.6) is 0 Å². The molecule has 0 bridgehead atoms. The van der Waals surface area contributed by atoms with Crippen LogP contribution in [-0.4, -0.2) is 44.8 Å². The number of anilines is 1. The molecular weight excluding hydrogens is 508 g/mol. The summed E-state index contributed by atoms with van der Waals surface area (Å²) in [4.78, 5) is 4.83. The first-order chi connectivity index (χ1) is 19.2. The van der Waals surface area contributed by atoms with Crippen molar-refractivity contribution >= 4 is 17.4 Å². The average molecular weight is 535 g/mol. The molecule has 3 aromatic heterocycles. The van der Waals surface area contributed by atoms with Crippen LogP contribution in [0.2, 0.25) is 0 Å². The lowest BCUT2D eigenvalue weighted by molar-refractivity contribution is 0.606. The quantitative estimate of drug-likeness (QED) is 0.206. The van der Waals surface area contributed by atoms with Gasteiger partial charge in [-0.3, -0.25) is 0 Å². The lowest BCUT2D eigenvalue weighted by Crippen LogP contribution is -2.04. The maximum Gasteiger partial charge on any atom is 0.187 e. The van der Waals surface area contributed by atoms with Crippen molar-refractivity contribution in [1.82, 2.24) is 44.8 Å². The molecular formula is C28H26N10S. The van der Waals surface area contributed by atoms with Crippen LogP contribution in [0.15, 0.2) is 102 Å². The number of hydrogen-bond acceptors (Lipinski definition) is 8. The molecule has 0 unspecified atom stereocenters. The molecule has 10 nitrogen and oxygen atoms in total. The van der Waals surface area contributed by atoms with Crippen LogP contribution in [0.3, 0.4) is 0 Å². The van der Waals surface area contributed by atoms with Crippen LogP contribution in [0.25, 0.3) is 11.4 Å². The molecule has 0 radical (unpaired) electrons. The first kappa shape index (κ1) is 24.6. The molecule has 0 aliphatic carbocycles. The molecule has 11 heteroatoms. The number of nitrogens with zero attached hydrogens (tertiary/aromatic N) is 9. The molecule has 3 aromatic carbocycles. The van der Waals surface area contributed by atoms with E-state index in [1.807, 2.05) is 87.1 Å². The number of nitrogen functional groups attached to an aromatic ring is 1. The summed E-state index contributed by atoms with van der Waals surface area (Å²) in [5.41, 5.74) is 11.5. The van der Waals surface area contributed by atoms with Gasteiger partial charge in [-0.15, -0.1) is 15.3 Å². The lowest BCUT2D eigenvalue weighted by Gasteiger charge is -2.02. The summed E-state index contributed by atoms with van der Waals surface area (Å²) in [7, 11) is 0. The molecule has 0 saturated heterocycles. The van der Waals surface area contributed by atoms with Crippen molar-refractivity contribution in [2.75, 3.05) is 5.73 Å². The molecule has 0 spiro atoms. The standard InChI is InChI=1S/C28H26N10S/c29-24-13-11-23(12-14-24)27-30-28(39-20-26-18-37(35-32-26)16-22-9-5-2-6-10-22)38(33-27)19-25-17-36(34-31-25)15-21-7-3-1-4-8-21/h1-14,17-18H,15-16,19-20,29H2. The van der Waals surface area contributed by atoms with E-state index in [1.165, 1.54) is 5.56 Å². The maximum absolute atomic E-state index is 5.88. The fourth-order valence-corrected chi connectivity index (χ4v) is 4.91. The van der Waals surface area contributed by atoms with Crippen LogP contribution >= 0.6 is 11.8 Å². The Bertz CT molecular complexity index is 1640. The van der Waals surface area contributed by atoms with Crippen molar-refractivity contribution in [3.05, 3.63) is 120 Å². The van der Waals surface area contributed by atoms with E-state index in [4.69, 9.17) is 15.8 Å². The Balaban J connectivity index is 1.19. The summed E-state index contributed by atoms with van der Waals surface area (Å²) in [6.07, 6.45) is 3.91. The molecule has 3 heterocycles. The summed E-state index contributed by atoms with van der Waals surface area (Å²) in [6, 6.07) is 27.9. The second-order valence-corrected chi connectivity index (χ2v) is 10.0. The number of hydrogen-bond donors (Lipinski definition) is 1. The van der Waals surface area contributed by atoms with Gasteiger partial charge in [0.25, 0.3) is 0 Å². The summed E-state index contributed by atoms with van der Waals surface area (Å²) < 4.78 is 5.54. The zero-order chi connectivity index (χ0) is 26.4. The molecule has 39 heavy (non-hydrogen) atoms. The molecule has 0 amide bonds. The van der Waals surface area contributed by atoms with Crippen molar-refractivity contribution in [2.24, 2.45) is 0 Å². The second-order valence-electron chi connectivity index (χ2n) is 9.07. The third kappa shape index (κ3) is 6.21. The summed E-state index contributed by atoms with van der Waals surface area (Å²) >= 11 is 1.56. The molecule has 2 N–H and O–H groups in total. The Morgan fingerprint density at radius 1 is 0.667 bits per heavy atom. The van der Waals surface area contributed by atoms with Gasteiger partial charge in [0.1, 0.15) is 5.69 Å².